The molecule has 134 valence electrons. The minimum atomic E-state index is -4.21. The van der Waals surface area contributed by atoms with Crippen LogP contribution < -0.4 is 5.32 Å². The SMILES string of the molecule is BCC1(C)C(B)C(C)(C)NCOCN1C1=CC(C(F)(F)F)CC=C1. The highest BCUT2D eigenvalue weighted by atomic mass is 19.4. The van der Waals surface area contributed by atoms with Crippen LogP contribution >= 0.6 is 0 Å². The van der Waals surface area contributed by atoms with Crippen molar-refractivity contribution >= 4 is 15.7 Å². The van der Waals surface area contributed by atoms with Gasteiger partial charge in [-0.25, -0.2) is 0 Å². The van der Waals surface area contributed by atoms with Crippen LogP contribution in [0.15, 0.2) is 23.9 Å². The smallest absolute Gasteiger partial charge is 0.346 e. The van der Waals surface area contributed by atoms with E-state index in [9.17, 15) is 13.2 Å². The number of nitrogens with zero attached hydrogens (tertiary/aromatic N) is 1. The van der Waals surface area contributed by atoms with Crippen LogP contribution in [0.1, 0.15) is 27.2 Å². The van der Waals surface area contributed by atoms with E-state index in [-0.39, 0.29) is 30.0 Å². The van der Waals surface area contributed by atoms with Crippen LogP contribution in [0.25, 0.3) is 0 Å². The summed E-state index contributed by atoms with van der Waals surface area (Å²) in [6, 6.07) is 0. The molecule has 0 amide bonds. The van der Waals surface area contributed by atoms with E-state index in [2.05, 4.69) is 41.8 Å². The van der Waals surface area contributed by atoms with Crippen molar-refractivity contribution in [1.29, 1.82) is 0 Å². The fourth-order valence-corrected chi connectivity index (χ4v) is 3.63. The molecule has 1 aliphatic carbocycles. The summed E-state index contributed by atoms with van der Waals surface area (Å²) in [6.07, 6.45) is 1.38. The van der Waals surface area contributed by atoms with Crippen molar-refractivity contribution in [2.75, 3.05) is 13.5 Å². The summed E-state index contributed by atoms with van der Waals surface area (Å²) in [4.78, 5) is 2.01. The molecule has 1 saturated heterocycles. The maximum absolute atomic E-state index is 13.2. The highest BCUT2D eigenvalue weighted by molar-refractivity contribution is 6.15. The average molecular weight is 342 g/mol. The highest BCUT2D eigenvalue weighted by Gasteiger charge is 2.46. The minimum absolute atomic E-state index is 0.00708. The molecule has 0 spiro atoms. The van der Waals surface area contributed by atoms with Gasteiger partial charge in [-0.05, 0) is 45.2 Å². The maximum atomic E-state index is 13.2. The molecule has 8 heteroatoms. The normalized spacial score (nSPS) is 34.4. The van der Waals surface area contributed by atoms with Gasteiger partial charge in [-0.1, -0.05) is 12.4 Å². The van der Waals surface area contributed by atoms with E-state index in [4.69, 9.17) is 4.74 Å². The van der Waals surface area contributed by atoms with Gasteiger partial charge >= 0.3 is 6.18 Å². The van der Waals surface area contributed by atoms with Gasteiger partial charge in [0.05, 0.1) is 12.6 Å². The van der Waals surface area contributed by atoms with E-state index < -0.39 is 12.1 Å². The number of allylic oxidation sites excluding steroid dienone is 3. The van der Waals surface area contributed by atoms with Crippen LogP contribution in [0.3, 0.4) is 0 Å². The first kappa shape index (κ1) is 19.4. The van der Waals surface area contributed by atoms with E-state index in [1.165, 1.54) is 6.08 Å². The van der Waals surface area contributed by atoms with E-state index in [1.54, 1.807) is 12.2 Å². The lowest BCUT2D eigenvalue weighted by molar-refractivity contribution is -0.161. The number of hydrogen-bond acceptors (Lipinski definition) is 3. The molecule has 24 heavy (non-hydrogen) atoms. The van der Waals surface area contributed by atoms with Crippen molar-refractivity contribution in [3.8, 4) is 0 Å². The Labute approximate surface area is 144 Å². The summed E-state index contributed by atoms with van der Waals surface area (Å²) in [7, 11) is 4.23. The fraction of sp³-hybridized carbons (Fsp3) is 0.750. The van der Waals surface area contributed by atoms with Gasteiger partial charge in [0.15, 0.2) is 0 Å². The molecule has 0 aromatic heterocycles. The molecular weight excluding hydrogens is 315 g/mol. The number of nitrogens with one attached hydrogen (secondary N) is 1. The van der Waals surface area contributed by atoms with Crippen molar-refractivity contribution < 1.29 is 17.9 Å². The molecule has 3 atom stereocenters. The van der Waals surface area contributed by atoms with Crippen LogP contribution in [0.4, 0.5) is 13.2 Å². The van der Waals surface area contributed by atoms with E-state index in [0.717, 1.165) is 6.32 Å². The third-order valence-corrected chi connectivity index (χ3v) is 5.98. The van der Waals surface area contributed by atoms with Gasteiger partial charge in [0.2, 0.25) is 0 Å². The van der Waals surface area contributed by atoms with Crippen molar-refractivity contribution in [3.05, 3.63) is 23.9 Å². The first-order valence-corrected chi connectivity index (χ1v) is 8.58. The Morgan fingerprint density at radius 3 is 2.62 bits per heavy atom. The van der Waals surface area contributed by atoms with Crippen LogP contribution in [0.2, 0.25) is 12.1 Å². The summed E-state index contributed by atoms with van der Waals surface area (Å²) in [5, 5.41) is 3.39. The van der Waals surface area contributed by atoms with Crippen molar-refractivity contribution in [3.63, 3.8) is 0 Å². The van der Waals surface area contributed by atoms with Gasteiger partial charge in [-0.2, -0.15) is 13.2 Å². The topological polar surface area (TPSA) is 24.5 Å². The molecule has 0 aromatic rings. The quantitative estimate of drug-likeness (QED) is 0.776. The molecule has 0 aromatic carbocycles. The molecule has 2 aliphatic rings. The van der Waals surface area contributed by atoms with Crippen molar-refractivity contribution in [2.24, 2.45) is 5.92 Å². The van der Waals surface area contributed by atoms with Crippen LogP contribution in [-0.2, 0) is 4.74 Å². The van der Waals surface area contributed by atoms with Gasteiger partial charge in [-0.15, -0.1) is 0 Å². The number of ether oxygens (including phenoxy) is 1. The molecule has 1 N–H and O–H groups in total. The summed E-state index contributed by atoms with van der Waals surface area (Å²) in [6.45, 7) is 7.00. The first-order valence-electron chi connectivity index (χ1n) is 8.58. The molecule has 1 heterocycles. The maximum Gasteiger partial charge on any atom is 0.395 e. The Balaban J connectivity index is 2.41. The number of alkyl halides is 3. The number of rotatable bonds is 2. The Hall–Kier alpha value is -0.880. The zero-order chi connectivity index (χ0) is 18.2. The standard InChI is InChI=1S/C16H27B2F3N2O/c1-14(2)13(18)15(3,8-17)23(10-24-9-22-14)12-6-4-5-11(7-12)16(19,20)21/h4,6-7,11,13,22H,5,8-10,17-18H2,1-3H3. The molecule has 0 bridgehead atoms. The van der Waals surface area contributed by atoms with Crippen molar-refractivity contribution in [1.82, 2.24) is 10.2 Å². The van der Waals surface area contributed by atoms with Gasteiger partial charge < -0.3 is 9.64 Å². The van der Waals surface area contributed by atoms with Crippen LogP contribution in [0.5, 0.6) is 0 Å². The molecule has 3 unspecified atom stereocenters. The molecular formula is C16H27B2F3N2O. The third kappa shape index (κ3) is 3.69. The Bertz CT molecular complexity index is 522. The summed E-state index contributed by atoms with van der Waals surface area (Å²) >= 11 is 0. The van der Waals surface area contributed by atoms with Crippen LogP contribution in [-0.4, -0.2) is 51.3 Å². The van der Waals surface area contributed by atoms with Gasteiger partial charge in [0.1, 0.15) is 22.4 Å². The average Bonchev–Trinajstić information content (AvgIpc) is 2.52. The molecule has 1 fully saturated rings. The summed E-state index contributed by atoms with van der Waals surface area (Å²) < 4.78 is 45.2. The second-order valence-corrected chi connectivity index (χ2v) is 7.61. The molecule has 3 nitrogen and oxygen atoms in total. The Morgan fingerprint density at radius 1 is 1.38 bits per heavy atom. The van der Waals surface area contributed by atoms with Crippen molar-refractivity contribution in [2.45, 2.75) is 56.6 Å². The molecule has 0 saturated carbocycles. The third-order valence-electron chi connectivity index (χ3n) is 5.98. The first-order chi connectivity index (χ1) is 11.0. The molecule has 1 aliphatic heterocycles. The Morgan fingerprint density at radius 2 is 2.04 bits per heavy atom. The second-order valence-electron chi connectivity index (χ2n) is 7.61. The summed E-state index contributed by atoms with van der Waals surface area (Å²) in [5.74, 6) is -1.22. The fourth-order valence-electron chi connectivity index (χ4n) is 3.63. The van der Waals surface area contributed by atoms with E-state index in [0.29, 0.717) is 12.4 Å². The highest BCUT2D eigenvalue weighted by Crippen LogP contribution is 2.43. The number of halogens is 3. The monoisotopic (exact) mass is 342 g/mol. The van der Waals surface area contributed by atoms with Gasteiger partial charge in [0.25, 0.3) is 0 Å². The van der Waals surface area contributed by atoms with E-state index in [1.807, 2.05) is 4.90 Å². The lowest BCUT2D eigenvalue weighted by Crippen LogP contribution is -2.61. The zero-order valence-electron chi connectivity index (χ0n) is 15.2. The van der Waals surface area contributed by atoms with Crippen LogP contribution in [0, 0.1) is 5.92 Å². The number of hydrogen-bond donors (Lipinski definition) is 1. The lowest BCUT2D eigenvalue weighted by Gasteiger charge is -2.54. The minimum Gasteiger partial charge on any atom is -0.346 e. The largest absolute Gasteiger partial charge is 0.395 e. The second kappa shape index (κ2) is 6.79. The van der Waals surface area contributed by atoms with Gasteiger partial charge in [0, 0.05) is 16.8 Å². The zero-order valence-corrected chi connectivity index (χ0v) is 15.2. The lowest BCUT2D eigenvalue weighted by atomic mass is 9.58. The van der Waals surface area contributed by atoms with E-state index >= 15 is 0 Å². The molecule has 0 radical (unpaired) electrons. The predicted molar refractivity (Wildman–Crippen MR) is 95.3 cm³/mol. The summed E-state index contributed by atoms with van der Waals surface area (Å²) in [5.41, 5.74) is 0.101. The Kier molecular flexibility index (Phi) is 5.50. The predicted octanol–water partition coefficient (Wildman–Crippen LogP) is 1.86. The molecule has 2 rings (SSSR count). The van der Waals surface area contributed by atoms with Gasteiger partial charge in [-0.3, -0.25) is 5.32 Å².